The summed E-state index contributed by atoms with van der Waals surface area (Å²) in [5, 5.41) is 7.37. The Labute approximate surface area is 88.3 Å². The first-order valence-electron chi connectivity index (χ1n) is 5.38. The van der Waals surface area contributed by atoms with Gasteiger partial charge in [-0.25, -0.2) is 4.98 Å². The van der Waals surface area contributed by atoms with Crippen molar-refractivity contribution >= 4 is 11.5 Å². The largest absolute Gasteiger partial charge is 0.373 e. The average molecular weight is 202 g/mol. The quantitative estimate of drug-likeness (QED) is 0.824. The molecule has 1 fully saturated rings. The zero-order chi connectivity index (χ0) is 10.3. The molecule has 2 aromatic heterocycles. The fourth-order valence-electron chi connectivity index (χ4n) is 1.87. The van der Waals surface area contributed by atoms with Crippen molar-refractivity contribution in [3.05, 3.63) is 24.0 Å². The molecule has 78 valence electrons. The lowest BCUT2D eigenvalue weighted by Crippen LogP contribution is -2.03. The molecule has 0 bridgehead atoms. The van der Waals surface area contributed by atoms with Crippen molar-refractivity contribution in [1.29, 1.82) is 0 Å². The van der Waals surface area contributed by atoms with Crippen LogP contribution in [0.25, 0.3) is 5.65 Å². The van der Waals surface area contributed by atoms with Gasteiger partial charge in [0.15, 0.2) is 5.65 Å². The van der Waals surface area contributed by atoms with Crippen molar-refractivity contribution in [2.24, 2.45) is 5.92 Å². The molecule has 4 nitrogen and oxygen atoms in total. The second kappa shape index (κ2) is 3.22. The summed E-state index contributed by atoms with van der Waals surface area (Å²) >= 11 is 0. The van der Waals surface area contributed by atoms with Crippen LogP contribution in [0.2, 0.25) is 0 Å². The monoisotopic (exact) mass is 202 g/mol. The van der Waals surface area contributed by atoms with Crippen molar-refractivity contribution in [1.82, 2.24) is 14.6 Å². The number of nitrogens with zero attached hydrogens (tertiary/aromatic N) is 3. The van der Waals surface area contributed by atoms with Crippen LogP contribution >= 0.6 is 0 Å². The number of rotatable bonds is 3. The lowest BCUT2D eigenvalue weighted by molar-refractivity contribution is 0.797. The van der Waals surface area contributed by atoms with E-state index in [1.165, 1.54) is 18.5 Å². The van der Waals surface area contributed by atoms with Gasteiger partial charge in [-0.2, -0.15) is 9.61 Å². The molecule has 1 aliphatic rings. The Morgan fingerprint density at radius 2 is 2.40 bits per heavy atom. The first-order valence-corrected chi connectivity index (χ1v) is 5.38. The van der Waals surface area contributed by atoms with Crippen LogP contribution in [-0.2, 0) is 6.42 Å². The van der Waals surface area contributed by atoms with Gasteiger partial charge in [-0.05, 0) is 25.2 Å². The summed E-state index contributed by atoms with van der Waals surface area (Å²) in [6.07, 6.45) is 5.61. The standard InChI is InChI=1S/C11H14N4/c1-12-11-7-9(6-8-2-3-8)14-10-4-5-13-15(10)11/h4-5,7-8,12H,2-3,6H2,1H3. The smallest absolute Gasteiger partial charge is 0.157 e. The fourth-order valence-corrected chi connectivity index (χ4v) is 1.87. The highest BCUT2D eigenvalue weighted by molar-refractivity contribution is 5.48. The molecule has 15 heavy (non-hydrogen) atoms. The molecule has 0 unspecified atom stereocenters. The third-order valence-electron chi connectivity index (χ3n) is 2.86. The van der Waals surface area contributed by atoms with E-state index >= 15 is 0 Å². The molecular weight excluding hydrogens is 188 g/mol. The van der Waals surface area contributed by atoms with E-state index < -0.39 is 0 Å². The van der Waals surface area contributed by atoms with Crippen LogP contribution in [0.3, 0.4) is 0 Å². The number of nitrogens with one attached hydrogen (secondary N) is 1. The summed E-state index contributed by atoms with van der Waals surface area (Å²) in [6.45, 7) is 0. The molecule has 0 radical (unpaired) electrons. The third kappa shape index (κ3) is 1.56. The molecule has 0 aliphatic heterocycles. The van der Waals surface area contributed by atoms with E-state index in [1.54, 1.807) is 6.20 Å². The molecule has 0 spiro atoms. The maximum absolute atomic E-state index is 4.58. The summed E-state index contributed by atoms with van der Waals surface area (Å²) in [5.74, 6) is 1.88. The molecule has 0 saturated heterocycles. The molecule has 2 heterocycles. The van der Waals surface area contributed by atoms with Gasteiger partial charge in [-0.1, -0.05) is 0 Å². The van der Waals surface area contributed by atoms with E-state index in [2.05, 4.69) is 21.5 Å². The molecule has 0 aromatic carbocycles. The summed E-state index contributed by atoms with van der Waals surface area (Å²) in [7, 11) is 1.91. The normalized spacial score (nSPS) is 15.8. The van der Waals surface area contributed by atoms with E-state index in [9.17, 15) is 0 Å². The zero-order valence-corrected chi connectivity index (χ0v) is 8.77. The Kier molecular flexibility index (Phi) is 1.87. The third-order valence-corrected chi connectivity index (χ3v) is 2.86. The Morgan fingerprint density at radius 3 is 3.13 bits per heavy atom. The van der Waals surface area contributed by atoms with E-state index in [0.29, 0.717) is 0 Å². The second-order valence-electron chi connectivity index (χ2n) is 4.13. The van der Waals surface area contributed by atoms with Crippen LogP contribution in [0, 0.1) is 5.92 Å². The molecule has 1 aliphatic carbocycles. The molecule has 0 amide bonds. The van der Waals surface area contributed by atoms with Gasteiger partial charge in [0.2, 0.25) is 0 Å². The van der Waals surface area contributed by atoms with Crippen LogP contribution < -0.4 is 5.32 Å². The highest BCUT2D eigenvalue weighted by atomic mass is 15.3. The molecular formula is C11H14N4. The predicted octanol–water partition coefficient (Wildman–Crippen LogP) is 1.72. The van der Waals surface area contributed by atoms with Crippen molar-refractivity contribution in [2.75, 3.05) is 12.4 Å². The SMILES string of the molecule is CNc1cc(CC2CC2)nc2ccnn12. The van der Waals surface area contributed by atoms with E-state index in [-0.39, 0.29) is 0 Å². The van der Waals surface area contributed by atoms with E-state index in [4.69, 9.17) is 0 Å². The van der Waals surface area contributed by atoms with Crippen LogP contribution in [0.15, 0.2) is 18.3 Å². The maximum Gasteiger partial charge on any atom is 0.157 e. The van der Waals surface area contributed by atoms with Gasteiger partial charge in [0.1, 0.15) is 5.82 Å². The number of aromatic nitrogens is 3. The van der Waals surface area contributed by atoms with Gasteiger partial charge >= 0.3 is 0 Å². The van der Waals surface area contributed by atoms with Gasteiger partial charge in [0.05, 0.1) is 6.20 Å². The summed E-state index contributed by atoms with van der Waals surface area (Å²) in [4.78, 5) is 4.58. The fraction of sp³-hybridized carbons (Fsp3) is 0.455. The topological polar surface area (TPSA) is 42.2 Å². The van der Waals surface area contributed by atoms with Crippen LogP contribution in [0.5, 0.6) is 0 Å². The molecule has 0 atom stereocenters. The number of anilines is 1. The highest BCUT2D eigenvalue weighted by Gasteiger charge is 2.22. The van der Waals surface area contributed by atoms with Gasteiger partial charge in [0, 0.05) is 24.9 Å². The van der Waals surface area contributed by atoms with E-state index in [0.717, 1.165) is 23.8 Å². The molecule has 1 N–H and O–H groups in total. The average Bonchev–Trinajstić information content (AvgIpc) is 2.93. The zero-order valence-electron chi connectivity index (χ0n) is 8.77. The van der Waals surface area contributed by atoms with Crippen molar-refractivity contribution in [2.45, 2.75) is 19.3 Å². The van der Waals surface area contributed by atoms with Crippen molar-refractivity contribution in [3.63, 3.8) is 0 Å². The van der Waals surface area contributed by atoms with Gasteiger partial charge in [-0.15, -0.1) is 0 Å². The summed E-state index contributed by atoms with van der Waals surface area (Å²) in [5.41, 5.74) is 2.10. The first kappa shape index (κ1) is 8.71. The van der Waals surface area contributed by atoms with Crippen LogP contribution in [-0.4, -0.2) is 21.6 Å². The Morgan fingerprint density at radius 1 is 1.53 bits per heavy atom. The molecule has 2 aromatic rings. The van der Waals surface area contributed by atoms with Crippen LogP contribution in [0.1, 0.15) is 18.5 Å². The molecule has 3 rings (SSSR count). The minimum Gasteiger partial charge on any atom is -0.373 e. The van der Waals surface area contributed by atoms with Crippen molar-refractivity contribution < 1.29 is 0 Å². The van der Waals surface area contributed by atoms with Crippen LogP contribution in [0.4, 0.5) is 5.82 Å². The Bertz CT molecular complexity index is 484. The lowest BCUT2D eigenvalue weighted by atomic mass is 10.2. The number of fused-ring (bicyclic) bond motifs is 1. The molecule has 1 saturated carbocycles. The number of hydrogen-bond acceptors (Lipinski definition) is 3. The first-order chi connectivity index (χ1) is 7.36. The minimum absolute atomic E-state index is 0.868. The summed E-state index contributed by atoms with van der Waals surface area (Å²) < 4.78 is 1.83. The van der Waals surface area contributed by atoms with Gasteiger partial charge < -0.3 is 5.32 Å². The summed E-state index contributed by atoms with van der Waals surface area (Å²) in [6, 6.07) is 4.04. The van der Waals surface area contributed by atoms with Gasteiger partial charge in [0.25, 0.3) is 0 Å². The highest BCUT2D eigenvalue weighted by Crippen LogP contribution is 2.32. The second-order valence-corrected chi connectivity index (χ2v) is 4.13. The number of hydrogen-bond donors (Lipinski definition) is 1. The van der Waals surface area contributed by atoms with Gasteiger partial charge in [-0.3, -0.25) is 0 Å². The Hall–Kier alpha value is -1.58. The Balaban J connectivity index is 2.06. The molecule has 4 heteroatoms. The predicted molar refractivity (Wildman–Crippen MR) is 59.0 cm³/mol. The maximum atomic E-state index is 4.58. The lowest BCUT2D eigenvalue weighted by Gasteiger charge is -2.06. The van der Waals surface area contributed by atoms with E-state index in [1.807, 2.05) is 17.6 Å². The van der Waals surface area contributed by atoms with Crippen molar-refractivity contribution in [3.8, 4) is 0 Å². The minimum atomic E-state index is 0.868.